The van der Waals surface area contributed by atoms with E-state index >= 15 is 0 Å². The Kier molecular flexibility index (Phi) is 5.15. The molecule has 0 saturated heterocycles. The van der Waals surface area contributed by atoms with Gasteiger partial charge in [-0.1, -0.05) is 18.6 Å². The number of allylic oxidation sites excluding steroid dienone is 4. The summed E-state index contributed by atoms with van der Waals surface area (Å²) in [4.78, 5) is 11.7. The van der Waals surface area contributed by atoms with E-state index in [1.807, 2.05) is 19.9 Å². The fraction of sp³-hybridized carbons (Fsp3) is 0.600. The minimum absolute atomic E-state index is 0.229. The van der Waals surface area contributed by atoms with E-state index in [0.717, 1.165) is 30.4 Å². The van der Waals surface area contributed by atoms with E-state index in [1.165, 1.54) is 0 Å². The van der Waals surface area contributed by atoms with E-state index in [4.69, 9.17) is 5.26 Å². The van der Waals surface area contributed by atoms with Crippen molar-refractivity contribution in [2.75, 3.05) is 0 Å². The fourth-order valence-electron chi connectivity index (χ4n) is 2.34. The number of nitriles is 1. The first-order valence-corrected chi connectivity index (χ1v) is 6.29. The summed E-state index contributed by atoms with van der Waals surface area (Å²) in [7, 11) is 0. The average Bonchev–Trinajstić information content (AvgIpc) is 2.28. The normalized spacial score (nSPS) is 21.1. The first-order chi connectivity index (χ1) is 8.02. The summed E-state index contributed by atoms with van der Waals surface area (Å²) in [5.41, 5.74) is 1.97. The third kappa shape index (κ3) is 4.56. The summed E-state index contributed by atoms with van der Waals surface area (Å²) in [5.74, 6) is 1.20. The van der Waals surface area contributed by atoms with Crippen molar-refractivity contribution in [1.29, 1.82) is 5.26 Å². The molecule has 2 nitrogen and oxygen atoms in total. The average molecular weight is 231 g/mol. The second-order valence-electron chi connectivity index (χ2n) is 5.25. The third-order valence-corrected chi connectivity index (χ3v) is 3.37. The molecule has 0 fully saturated rings. The molecule has 0 aromatic carbocycles. The zero-order chi connectivity index (χ0) is 12.8. The number of rotatable bonds is 4. The summed E-state index contributed by atoms with van der Waals surface area (Å²) in [6.07, 6.45) is 7.27. The van der Waals surface area contributed by atoms with E-state index in [-0.39, 0.29) is 5.78 Å². The second-order valence-corrected chi connectivity index (χ2v) is 5.25. The number of hydrogen-bond donors (Lipinski definition) is 0. The second kappa shape index (κ2) is 6.39. The predicted molar refractivity (Wildman–Crippen MR) is 69.3 cm³/mol. The molecule has 1 rings (SSSR count). The summed E-state index contributed by atoms with van der Waals surface area (Å²) < 4.78 is 0. The molecule has 2 atom stereocenters. The van der Waals surface area contributed by atoms with Crippen LogP contribution in [0.5, 0.6) is 0 Å². The van der Waals surface area contributed by atoms with E-state index in [1.54, 1.807) is 6.08 Å². The highest BCUT2D eigenvalue weighted by Crippen LogP contribution is 2.30. The zero-order valence-electron chi connectivity index (χ0n) is 11.0. The van der Waals surface area contributed by atoms with Gasteiger partial charge in [-0.05, 0) is 51.0 Å². The molecule has 0 N–H and O–H groups in total. The smallest absolute Gasteiger partial charge is 0.155 e. The molecule has 1 aliphatic rings. The van der Waals surface area contributed by atoms with E-state index in [0.29, 0.717) is 18.3 Å². The van der Waals surface area contributed by atoms with E-state index in [9.17, 15) is 4.79 Å². The summed E-state index contributed by atoms with van der Waals surface area (Å²) in [6, 6.07) is 2.21. The highest BCUT2D eigenvalue weighted by Gasteiger charge is 2.21. The van der Waals surface area contributed by atoms with E-state index < -0.39 is 0 Å². The molecule has 2 heteroatoms. The number of carbonyl (C=O) groups is 1. The van der Waals surface area contributed by atoms with Gasteiger partial charge in [0.2, 0.25) is 0 Å². The van der Waals surface area contributed by atoms with Crippen molar-refractivity contribution in [2.45, 2.75) is 46.5 Å². The van der Waals surface area contributed by atoms with Gasteiger partial charge in [0.25, 0.3) is 0 Å². The monoisotopic (exact) mass is 231 g/mol. The Balaban J connectivity index is 2.48. The summed E-state index contributed by atoms with van der Waals surface area (Å²) in [6.45, 7) is 6.04. The first kappa shape index (κ1) is 13.7. The van der Waals surface area contributed by atoms with Crippen molar-refractivity contribution in [3.05, 3.63) is 23.3 Å². The molecule has 0 spiro atoms. The van der Waals surface area contributed by atoms with Crippen LogP contribution < -0.4 is 0 Å². The molecule has 17 heavy (non-hydrogen) atoms. The van der Waals surface area contributed by atoms with Gasteiger partial charge in [-0.15, -0.1) is 0 Å². The molecule has 92 valence electrons. The first-order valence-electron chi connectivity index (χ1n) is 6.29. The van der Waals surface area contributed by atoms with Gasteiger partial charge in [-0.2, -0.15) is 5.26 Å². The van der Waals surface area contributed by atoms with Crippen LogP contribution in [0, 0.1) is 23.2 Å². The molecular formula is C15H21NO. The Bertz CT molecular complexity index is 380. The summed E-state index contributed by atoms with van der Waals surface area (Å²) >= 11 is 0. The Labute approximate surface area is 104 Å². The van der Waals surface area contributed by atoms with Gasteiger partial charge in [0.15, 0.2) is 5.78 Å². The van der Waals surface area contributed by atoms with Gasteiger partial charge in [0.1, 0.15) is 0 Å². The molecule has 0 aromatic heterocycles. The molecule has 0 bridgehead atoms. The quantitative estimate of drug-likeness (QED) is 0.690. The van der Waals surface area contributed by atoms with Crippen LogP contribution in [-0.4, -0.2) is 5.78 Å². The minimum atomic E-state index is 0.229. The van der Waals surface area contributed by atoms with Crippen molar-refractivity contribution in [2.24, 2.45) is 11.8 Å². The van der Waals surface area contributed by atoms with Crippen molar-refractivity contribution in [1.82, 2.24) is 0 Å². The Morgan fingerprint density at radius 1 is 1.65 bits per heavy atom. The maximum absolute atomic E-state index is 11.7. The maximum atomic E-state index is 11.7. The largest absolute Gasteiger partial charge is 0.295 e. The van der Waals surface area contributed by atoms with Crippen LogP contribution in [-0.2, 0) is 4.79 Å². The molecule has 0 aromatic rings. The Morgan fingerprint density at radius 2 is 2.35 bits per heavy atom. The topological polar surface area (TPSA) is 40.9 Å². The SMILES string of the molecule is CC(C)=CC(=O)CC(C)C1CC=C(C#N)CC1. The minimum Gasteiger partial charge on any atom is -0.295 e. The highest BCUT2D eigenvalue weighted by molar-refractivity contribution is 5.90. The van der Waals surface area contributed by atoms with Gasteiger partial charge < -0.3 is 0 Å². The lowest BCUT2D eigenvalue weighted by Gasteiger charge is -2.25. The van der Waals surface area contributed by atoms with Crippen molar-refractivity contribution >= 4 is 5.78 Å². The Morgan fingerprint density at radius 3 is 2.82 bits per heavy atom. The van der Waals surface area contributed by atoms with E-state index in [2.05, 4.69) is 13.0 Å². The molecule has 0 saturated carbocycles. The zero-order valence-corrected chi connectivity index (χ0v) is 11.0. The van der Waals surface area contributed by atoms with Crippen LogP contribution >= 0.6 is 0 Å². The number of carbonyl (C=O) groups excluding carboxylic acids is 1. The highest BCUT2D eigenvalue weighted by atomic mass is 16.1. The van der Waals surface area contributed by atoms with Crippen LogP contribution in [0.15, 0.2) is 23.3 Å². The standard InChI is InChI=1S/C15H21NO/c1-11(2)8-15(17)9-12(3)14-6-4-13(10-16)5-7-14/h4,8,12,14H,5-7,9H2,1-3H3. The lowest BCUT2D eigenvalue weighted by Crippen LogP contribution is -2.17. The lowest BCUT2D eigenvalue weighted by molar-refractivity contribution is -0.115. The van der Waals surface area contributed by atoms with Crippen LogP contribution in [0.3, 0.4) is 0 Å². The van der Waals surface area contributed by atoms with Crippen LogP contribution in [0.1, 0.15) is 46.5 Å². The number of hydrogen-bond acceptors (Lipinski definition) is 2. The van der Waals surface area contributed by atoms with Gasteiger partial charge in [-0.25, -0.2) is 0 Å². The van der Waals surface area contributed by atoms with Gasteiger partial charge in [0.05, 0.1) is 6.07 Å². The summed E-state index contributed by atoms with van der Waals surface area (Å²) in [5, 5.41) is 8.78. The molecule has 0 aliphatic heterocycles. The molecule has 2 unspecified atom stereocenters. The van der Waals surface area contributed by atoms with Crippen LogP contribution in [0.25, 0.3) is 0 Å². The van der Waals surface area contributed by atoms with Crippen LogP contribution in [0.4, 0.5) is 0 Å². The fourth-order valence-corrected chi connectivity index (χ4v) is 2.34. The van der Waals surface area contributed by atoms with Crippen molar-refractivity contribution in [3.63, 3.8) is 0 Å². The van der Waals surface area contributed by atoms with Gasteiger partial charge in [0, 0.05) is 12.0 Å². The predicted octanol–water partition coefficient (Wildman–Crippen LogP) is 3.80. The molecule has 0 heterocycles. The molecular weight excluding hydrogens is 210 g/mol. The lowest BCUT2D eigenvalue weighted by atomic mass is 9.79. The van der Waals surface area contributed by atoms with Gasteiger partial charge >= 0.3 is 0 Å². The van der Waals surface area contributed by atoms with Crippen molar-refractivity contribution in [3.8, 4) is 6.07 Å². The number of nitrogens with zero attached hydrogens (tertiary/aromatic N) is 1. The molecule has 0 radical (unpaired) electrons. The maximum Gasteiger partial charge on any atom is 0.155 e. The van der Waals surface area contributed by atoms with Gasteiger partial charge in [-0.3, -0.25) is 4.79 Å². The Hall–Kier alpha value is -1.36. The molecule has 0 amide bonds. The van der Waals surface area contributed by atoms with Crippen LogP contribution in [0.2, 0.25) is 0 Å². The third-order valence-electron chi connectivity index (χ3n) is 3.37. The molecule has 1 aliphatic carbocycles. The number of ketones is 1. The van der Waals surface area contributed by atoms with Crippen molar-refractivity contribution < 1.29 is 4.79 Å².